The third kappa shape index (κ3) is 6.93. The summed E-state index contributed by atoms with van der Waals surface area (Å²) in [5.41, 5.74) is 5.79. The Morgan fingerprint density at radius 1 is 1.09 bits per heavy atom. The number of carbonyl (C=O) groups excluding carboxylic acids is 2. The van der Waals surface area contributed by atoms with Crippen molar-refractivity contribution in [2.45, 2.75) is 37.5 Å². The van der Waals surface area contributed by atoms with Gasteiger partial charge in [-0.15, -0.1) is 0 Å². The number of rotatable bonds is 8. The molecule has 1 aliphatic rings. The molecular weight excluding hydrogens is 466 g/mol. The summed E-state index contributed by atoms with van der Waals surface area (Å²) in [6.45, 7) is 2.76. The molecule has 33 heavy (non-hydrogen) atoms. The summed E-state index contributed by atoms with van der Waals surface area (Å²) in [7, 11) is -3.56. The summed E-state index contributed by atoms with van der Waals surface area (Å²) in [5, 5.41) is 0.637. The molecule has 0 radical (unpaired) electrons. The van der Waals surface area contributed by atoms with E-state index in [0.29, 0.717) is 36.6 Å². The lowest BCUT2D eigenvalue weighted by molar-refractivity contribution is -0.132. The Hall–Kier alpha value is -2.62. The fourth-order valence-corrected chi connectivity index (χ4v) is 5.30. The Balaban J connectivity index is 1.35. The zero-order valence-corrected chi connectivity index (χ0v) is 20.0. The van der Waals surface area contributed by atoms with Crippen LogP contribution in [-0.4, -0.2) is 44.2 Å². The first-order valence-corrected chi connectivity index (χ1v) is 12.6. The Morgan fingerprint density at radius 3 is 2.45 bits per heavy atom. The van der Waals surface area contributed by atoms with Crippen molar-refractivity contribution in [2.24, 2.45) is 5.92 Å². The summed E-state index contributed by atoms with van der Waals surface area (Å²) < 4.78 is 32.4. The average molecular weight is 494 g/mol. The molecule has 0 spiro atoms. The number of nitrogens with zero attached hydrogens (tertiary/aromatic N) is 1. The zero-order chi connectivity index (χ0) is 23.8. The van der Waals surface area contributed by atoms with Crippen LogP contribution in [0.15, 0.2) is 53.4 Å². The molecule has 178 valence electrons. The average Bonchev–Trinajstić information content (AvgIpc) is 2.82. The Morgan fingerprint density at radius 2 is 1.79 bits per heavy atom. The van der Waals surface area contributed by atoms with Gasteiger partial charge in [0.25, 0.3) is 0 Å². The first-order valence-electron chi connectivity index (χ1n) is 10.8. The molecule has 10 heteroatoms. The highest BCUT2D eigenvalue weighted by atomic mass is 35.5. The largest absolute Gasteiger partial charge is 0.493 e. The van der Waals surface area contributed by atoms with Gasteiger partial charge in [-0.1, -0.05) is 29.8 Å². The molecule has 0 unspecified atom stereocenters. The highest BCUT2D eigenvalue weighted by molar-refractivity contribution is 7.89. The van der Waals surface area contributed by atoms with Crippen molar-refractivity contribution in [1.29, 1.82) is 0 Å². The van der Waals surface area contributed by atoms with Crippen LogP contribution < -0.4 is 15.6 Å². The zero-order valence-electron chi connectivity index (χ0n) is 18.4. The van der Waals surface area contributed by atoms with Crippen LogP contribution in [0.1, 0.15) is 31.2 Å². The van der Waals surface area contributed by atoms with Gasteiger partial charge in [0.1, 0.15) is 5.75 Å². The standard InChI is InChI=1S/C23H28ClN3O5S/c1-17-16-19(24)9-10-21(17)32-15-5-8-22(28)25-26-23(29)18-11-13-27(14-12-18)33(30,31)20-6-3-2-4-7-20/h2-4,6-7,9-10,16,18H,5,8,11-15H2,1H3,(H,25,28)(H,26,29). The SMILES string of the molecule is Cc1cc(Cl)ccc1OCCCC(=O)NNC(=O)C1CCN(S(=O)(=O)c2ccccc2)CC1. The number of benzene rings is 2. The van der Waals surface area contributed by atoms with Gasteiger partial charge in [0, 0.05) is 30.5 Å². The van der Waals surface area contributed by atoms with E-state index in [2.05, 4.69) is 10.9 Å². The highest BCUT2D eigenvalue weighted by Crippen LogP contribution is 2.24. The fraction of sp³-hybridized carbons (Fsp3) is 0.391. The summed E-state index contributed by atoms with van der Waals surface area (Å²) in [6, 6.07) is 13.6. The molecule has 2 aromatic carbocycles. The summed E-state index contributed by atoms with van der Waals surface area (Å²) >= 11 is 5.92. The number of amides is 2. The van der Waals surface area contributed by atoms with E-state index in [0.717, 1.165) is 5.56 Å². The molecule has 1 aliphatic heterocycles. The first-order chi connectivity index (χ1) is 15.8. The van der Waals surface area contributed by atoms with E-state index in [1.807, 2.05) is 6.92 Å². The number of ether oxygens (including phenoxy) is 1. The Kier molecular flexibility index (Phi) is 8.71. The van der Waals surface area contributed by atoms with Gasteiger partial charge < -0.3 is 4.74 Å². The van der Waals surface area contributed by atoms with E-state index in [-0.39, 0.29) is 42.1 Å². The molecule has 0 saturated carbocycles. The predicted molar refractivity (Wildman–Crippen MR) is 125 cm³/mol. The maximum absolute atomic E-state index is 12.7. The van der Waals surface area contributed by atoms with Crippen molar-refractivity contribution < 1.29 is 22.7 Å². The number of hydrazine groups is 1. The molecule has 0 bridgehead atoms. The summed E-state index contributed by atoms with van der Waals surface area (Å²) in [5.74, 6) is -0.269. The maximum atomic E-state index is 12.7. The number of halogens is 1. The summed E-state index contributed by atoms with van der Waals surface area (Å²) in [4.78, 5) is 24.6. The minimum Gasteiger partial charge on any atom is -0.493 e. The minimum absolute atomic E-state index is 0.195. The van der Waals surface area contributed by atoms with E-state index in [4.69, 9.17) is 16.3 Å². The molecule has 1 heterocycles. The minimum atomic E-state index is -3.56. The second-order valence-electron chi connectivity index (χ2n) is 7.89. The molecule has 0 atom stereocenters. The van der Waals surface area contributed by atoms with E-state index in [9.17, 15) is 18.0 Å². The lowest BCUT2D eigenvalue weighted by Crippen LogP contribution is -2.48. The van der Waals surface area contributed by atoms with Crippen molar-refractivity contribution in [2.75, 3.05) is 19.7 Å². The number of piperidine rings is 1. The molecular formula is C23H28ClN3O5S. The van der Waals surface area contributed by atoms with Crippen LogP contribution >= 0.6 is 11.6 Å². The van der Waals surface area contributed by atoms with Crippen LogP contribution in [0.25, 0.3) is 0 Å². The smallest absolute Gasteiger partial charge is 0.243 e. The molecule has 8 nitrogen and oxygen atoms in total. The van der Waals surface area contributed by atoms with Crippen LogP contribution in [0.2, 0.25) is 5.02 Å². The number of aryl methyl sites for hydroxylation is 1. The van der Waals surface area contributed by atoms with E-state index < -0.39 is 10.0 Å². The molecule has 1 saturated heterocycles. The second-order valence-corrected chi connectivity index (χ2v) is 10.3. The molecule has 2 aromatic rings. The van der Waals surface area contributed by atoms with Crippen molar-refractivity contribution >= 4 is 33.4 Å². The lowest BCUT2D eigenvalue weighted by Gasteiger charge is -2.30. The van der Waals surface area contributed by atoms with Crippen LogP contribution in [0.3, 0.4) is 0 Å². The monoisotopic (exact) mass is 493 g/mol. The van der Waals surface area contributed by atoms with Crippen LogP contribution in [0.4, 0.5) is 0 Å². The Bertz CT molecular complexity index is 1070. The number of sulfonamides is 1. The topological polar surface area (TPSA) is 105 Å². The highest BCUT2D eigenvalue weighted by Gasteiger charge is 2.32. The number of hydrogen-bond donors (Lipinski definition) is 2. The molecule has 2 N–H and O–H groups in total. The van der Waals surface area contributed by atoms with E-state index in [1.165, 1.54) is 4.31 Å². The van der Waals surface area contributed by atoms with Gasteiger partial charge in [-0.25, -0.2) is 8.42 Å². The molecule has 2 amide bonds. The lowest BCUT2D eigenvalue weighted by atomic mass is 9.98. The van der Waals surface area contributed by atoms with Crippen molar-refractivity contribution in [3.63, 3.8) is 0 Å². The van der Waals surface area contributed by atoms with E-state index in [1.54, 1.807) is 48.5 Å². The van der Waals surface area contributed by atoms with Crippen LogP contribution in [0, 0.1) is 12.8 Å². The van der Waals surface area contributed by atoms with Gasteiger partial charge in [0.15, 0.2) is 0 Å². The van der Waals surface area contributed by atoms with Crippen molar-refractivity contribution in [3.05, 3.63) is 59.1 Å². The predicted octanol–water partition coefficient (Wildman–Crippen LogP) is 3.06. The second kappa shape index (κ2) is 11.5. The molecule has 3 rings (SSSR count). The summed E-state index contributed by atoms with van der Waals surface area (Å²) in [6.07, 6.45) is 1.46. The van der Waals surface area contributed by atoms with Crippen molar-refractivity contribution in [3.8, 4) is 5.75 Å². The van der Waals surface area contributed by atoms with Gasteiger partial charge in [-0.3, -0.25) is 20.4 Å². The van der Waals surface area contributed by atoms with E-state index >= 15 is 0 Å². The first kappa shape index (κ1) is 25.0. The van der Waals surface area contributed by atoms with Gasteiger partial charge in [0.2, 0.25) is 21.8 Å². The van der Waals surface area contributed by atoms with Gasteiger partial charge in [0.05, 0.1) is 11.5 Å². The third-order valence-electron chi connectivity index (χ3n) is 5.47. The van der Waals surface area contributed by atoms with Gasteiger partial charge in [-0.05, 0) is 62.1 Å². The van der Waals surface area contributed by atoms with Crippen LogP contribution in [0.5, 0.6) is 5.75 Å². The number of hydrogen-bond acceptors (Lipinski definition) is 5. The normalized spacial score (nSPS) is 15.1. The van der Waals surface area contributed by atoms with Gasteiger partial charge in [-0.2, -0.15) is 4.31 Å². The van der Waals surface area contributed by atoms with Gasteiger partial charge >= 0.3 is 0 Å². The molecule has 0 aromatic heterocycles. The van der Waals surface area contributed by atoms with Crippen molar-refractivity contribution in [1.82, 2.24) is 15.2 Å². The molecule has 0 aliphatic carbocycles. The van der Waals surface area contributed by atoms with Crippen LogP contribution in [-0.2, 0) is 19.6 Å². The number of carbonyl (C=O) groups is 2. The Labute approximate surface area is 199 Å². The number of nitrogens with one attached hydrogen (secondary N) is 2. The quantitative estimate of drug-likeness (QED) is 0.434. The molecule has 1 fully saturated rings. The maximum Gasteiger partial charge on any atom is 0.243 e. The third-order valence-corrected chi connectivity index (χ3v) is 7.62. The fourth-order valence-electron chi connectivity index (χ4n) is 3.59.